The van der Waals surface area contributed by atoms with Gasteiger partial charge in [-0.2, -0.15) is 4.68 Å². The van der Waals surface area contributed by atoms with Crippen LogP contribution < -0.4 is 0 Å². The average Bonchev–Trinajstić information content (AvgIpc) is 3.09. The van der Waals surface area contributed by atoms with Gasteiger partial charge < -0.3 is 4.90 Å². The number of rotatable bonds is 5. The van der Waals surface area contributed by atoms with Crippen LogP contribution in [0, 0.1) is 18.6 Å². The SMILES string of the molecule is Cc1ccc(-n2nnnc2/C(=C\N(C)C)C(=O)c2ccc(F)cc2F)cc1. The van der Waals surface area contributed by atoms with E-state index in [1.165, 1.54) is 10.9 Å². The van der Waals surface area contributed by atoms with Crippen LogP contribution in [-0.2, 0) is 0 Å². The molecule has 1 heterocycles. The van der Waals surface area contributed by atoms with Gasteiger partial charge in [0.25, 0.3) is 0 Å². The maximum absolute atomic E-state index is 14.1. The summed E-state index contributed by atoms with van der Waals surface area (Å²) in [5, 5.41) is 11.6. The standard InChI is InChI=1S/C19H17F2N5O/c1-12-4-7-14(8-5-12)26-19(22-23-24-26)16(11-25(2)3)18(27)15-9-6-13(20)10-17(15)21/h4-11H,1-3H3/b16-11-. The first-order valence-electron chi connectivity index (χ1n) is 8.10. The zero-order valence-corrected chi connectivity index (χ0v) is 15.0. The van der Waals surface area contributed by atoms with Gasteiger partial charge in [0.1, 0.15) is 11.6 Å². The molecule has 8 heteroatoms. The summed E-state index contributed by atoms with van der Waals surface area (Å²) in [6, 6.07) is 10.2. The molecule has 0 bridgehead atoms. The number of aromatic nitrogens is 4. The van der Waals surface area contributed by atoms with E-state index in [-0.39, 0.29) is 17.0 Å². The number of Topliss-reactive ketones (excluding diaryl/α,β-unsaturated/α-hetero) is 1. The third-order valence-electron chi connectivity index (χ3n) is 3.80. The van der Waals surface area contributed by atoms with Crippen molar-refractivity contribution in [3.8, 4) is 5.69 Å². The Balaban J connectivity index is 2.11. The van der Waals surface area contributed by atoms with Crippen LogP contribution in [0.3, 0.4) is 0 Å². The van der Waals surface area contributed by atoms with E-state index in [1.807, 2.05) is 31.2 Å². The number of benzene rings is 2. The van der Waals surface area contributed by atoms with Crippen molar-refractivity contribution in [1.82, 2.24) is 25.1 Å². The van der Waals surface area contributed by atoms with Crippen LogP contribution in [0.4, 0.5) is 8.78 Å². The van der Waals surface area contributed by atoms with Gasteiger partial charge in [0.15, 0.2) is 5.82 Å². The van der Waals surface area contributed by atoms with Crippen molar-refractivity contribution >= 4 is 11.4 Å². The molecule has 138 valence electrons. The maximum Gasteiger partial charge on any atom is 0.201 e. The summed E-state index contributed by atoms with van der Waals surface area (Å²) in [5.74, 6) is -2.20. The second-order valence-electron chi connectivity index (χ2n) is 6.21. The molecule has 0 aliphatic rings. The highest BCUT2D eigenvalue weighted by molar-refractivity contribution is 6.28. The molecule has 2 aromatic carbocycles. The highest BCUT2D eigenvalue weighted by atomic mass is 19.1. The number of halogens is 2. The monoisotopic (exact) mass is 369 g/mol. The van der Waals surface area contributed by atoms with Gasteiger partial charge in [0.05, 0.1) is 16.8 Å². The van der Waals surface area contributed by atoms with E-state index in [9.17, 15) is 13.6 Å². The lowest BCUT2D eigenvalue weighted by atomic mass is 10.0. The first kappa shape index (κ1) is 18.4. The molecule has 0 aliphatic heterocycles. The predicted molar refractivity (Wildman–Crippen MR) is 96.2 cm³/mol. The van der Waals surface area contributed by atoms with E-state index in [1.54, 1.807) is 19.0 Å². The Labute approximate surface area is 154 Å². The molecule has 1 aromatic heterocycles. The number of carbonyl (C=O) groups is 1. The second kappa shape index (κ2) is 7.45. The minimum absolute atomic E-state index is 0.0797. The summed E-state index contributed by atoms with van der Waals surface area (Å²) in [6.07, 6.45) is 1.50. The first-order chi connectivity index (χ1) is 12.9. The smallest absolute Gasteiger partial charge is 0.201 e. The highest BCUT2D eigenvalue weighted by Gasteiger charge is 2.24. The van der Waals surface area contributed by atoms with E-state index in [2.05, 4.69) is 15.5 Å². The maximum atomic E-state index is 14.1. The van der Waals surface area contributed by atoms with Gasteiger partial charge in [-0.3, -0.25) is 4.79 Å². The minimum atomic E-state index is -0.945. The van der Waals surface area contributed by atoms with Crippen molar-refractivity contribution in [3.05, 3.63) is 77.3 Å². The zero-order chi connectivity index (χ0) is 19.6. The summed E-state index contributed by atoms with van der Waals surface area (Å²) in [4.78, 5) is 14.6. The van der Waals surface area contributed by atoms with E-state index in [4.69, 9.17) is 0 Å². The number of hydrogen-bond acceptors (Lipinski definition) is 5. The number of aryl methyl sites for hydroxylation is 1. The first-order valence-corrected chi connectivity index (χ1v) is 8.10. The fourth-order valence-corrected chi connectivity index (χ4v) is 2.51. The Bertz CT molecular complexity index is 1010. The molecule has 0 fully saturated rings. The van der Waals surface area contributed by atoms with Gasteiger partial charge in [0.2, 0.25) is 5.78 Å². The third kappa shape index (κ3) is 3.89. The van der Waals surface area contributed by atoms with Gasteiger partial charge in [-0.1, -0.05) is 17.7 Å². The van der Waals surface area contributed by atoms with Crippen molar-refractivity contribution in [3.63, 3.8) is 0 Å². The molecule has 0 saturated heterocycles. The summed E-state index contributed by atoms with van der Waals surface area (Å²) in [7, 11) is 3.43. The van der Waals surface area contributed by atoms with Gasteiger partial charge in [-0.15, -0.1) is 5.10 Å². The molecular weight excluding hydrogens is 352 g/mol. The third-order valence-corrected chi connectivity index (χ3v) is 3.80. The topological polar surface area (TPSA) is 63.9 Å². The minimum Gasteiger partial charge on any atom is -0.383 e. The Morgan fingerprint density at radius 3 is 2.44 bits per heavy atom. The molecule has 3 rings (SSSR count). The molecule has 0 atom stereocenters. The molecule has 0 aliphatic carbocycles. The van der Waals surface area contributed by atoms with Crippen molar-refractivity contribution in [1.29, 1.82) is 0 Å². The highest BCUT2D eigenvalue weighted by Crippen LogP contribution is 2.23. The van der Waals surface area contributed by atoms with Crippen LogP contribution in [0.25, 0.3) is 11.3 Å². The van der Waals surface area contributed by atoms with E-state index in [0.29, 0.717) is 11.8 Å². The van der Waals surface area contributed by atoms with Crippen molar-refractivity contribution in [2.75, 3.05) is 14.1 Å². The summed E-state index contributed by atoms with van der Waals surface area (Å²) >= 11 is 0. The van der Waals surface area contributed by atoms with Crippen LogP contribution >= 0.6 is 0 Å². The van der Waals surface area contributed by atoms with E-state index < -0.39 is 17.4 Å². The summed E-state index contributed by atoms with van der Waals surface area (Å²) in [6.45, 7) is 1.95. The molecule has 0 saturated carbocycles. The van der Waals surface area contributed by atoms with Crippen LogP contribution in [0.1, 0.15) is 21.7 Å². The van der Waals surface area contributed by atoms with Gasteiger partial charge in [0, 0.05) is 26.4 Å². The molecule has 0 N–H and O–H groups in total. The lowest BCUT2D eigenvalue weighted by molar-refractivity contribution is 0.105. The number of hydrogen-bond donors (Lipinski definition) is 0. The second-order valence-corrected chi connectivity index (χ2v) is 6.21. The van der Waals surface area contributed by atoms with Crippen molar-refractivity contribution < 1.29 is 13.6 Å². The number of nitrogens with zero attached hydrogens (tertiary/aromatic N) is 5. The molecule has 0 unspecified atom stereocenters. The van der Waals surface area contributed by atoms with Crippen LogP contribution in [0.2, 0.25) is 0 Å². The van der Waals surface area contributed by atoms with Crippen LogP contribution in [0.15, 0.2) is 48.7 Å². The zero-order valence-electron chi connectivity index (χ0n) is 15.0. The van der Waals surface area contributed by atoms with E-state index in [0.717, 1.165) is 17.7 Å². The Morgan fingerprint density at radius 1 is 1.11 bits per heavy atom. The molecule has 6 nitrogen and oxygen atoms in total. The van der Waals surface area contributed by atoms with Crippen LogP contribution in [0.5, 0.6) is 0 Å². The van der Waals surface area contributed by atoms with Gasteiger partial charge >= 0.3 is 0 Å². The van der Waals surface area contributed by atoms with Crippen molar-refractivity contribution in [2.24, 2.45) is 0 Å². The van der Waals surface area contributed by atoms with E-state index >= 15 is 0 Å². The van der Waals surface area contributed by atoms with Gasteiger partial charge in [-0.25, -0.2) is 8.78 Å². The molecule has 0 spiro atoms. The van der Waals surface area contributed by atoms with Crippen molar-refractivity contribution in [2.45, 2.75) is 6.92 Å². The average molecular weight is 369 g/mol. The predicted octanol–water partition coefficient (Wildman–Crippen LogP) is 3.03. The number of tetrazole rings is 1. The normalized spacial score (nSPS) is 11.5. The largest absolute Gasteiger partial charge is 0.383 e. The lowest BCUT2D eigenvalue weighted by Gasteiger charge is -2.12. The quantitative estimate of drug-likeness (QED) is 0.511. The molecule has 3 aromatic rings. The van der Waals surface area contributed by atoms with Gasteiger partial charge in [-0.05, 0) is 41.6 Å². The Hall–Kier alpha value is -3.42. The summed E-state index contributed by atoms with van der Waals surface area (Å²) in [5.41, 5.74) is 1.53. The Morgan fingerprint density at radius 2 is 1.81 bits per heavy atom. The number of ketones is 1. The summed E-state index contributed by atoms with van der Waals surface area (Å²) < 4.78 is 28.7. The Kier molecular flexibility index (Phi) is 5.07. The molecular formula is C19H17F2N5O. The molecule has 27 heavy (non-hydrogen) atoms. The van der Waals surface area contributed by atoms with Crippen LogP contribution in [-0.4, -0.2) is 45.0 Å². The number of carbonyl (C=O) groups excluding carboxylic acids is 1. The fourth-order valence-electron chi connectivity index (χ4n) is 2.51. The molecule has 0 amide bonds. The lowest BCUT2D eigenvalue weighted by Crippen LogP contribution is -2.14. The number of allylic oxidation sites excluding steroid dienone is 1. The molecule has 0 radical (unpaired) electrons. The fraction of sp³-hybridized carbons (Fsp3) is 0.158.